The van der Waals surface area contributed by atoms with Gasteiger partial charge in [-0.2, -0.15) is 0 Å². The van der Waals surface area contributed by atoms with Gasteiger partial charge in [0.1, 0.15) is 0 Å². The van der Waals surface area contributed by atoms with Crippen molar-refractivity contribution in [2.24, 2.45) is 10.9 Å². The molecule has 132 valence electrons. The van der Waals surface area contributed by atoms with E-state index >= 15 is 0 Å². The summed E-state index contributed by atoms with van der Waals surface area (Å²) in [5, 5.41) is 8.93. The minimum absolute atomic E-state index is 0. The van der Waals surface area contributed by atoms with Crippen molar-refractivity contribution < 1.29 is 0 Å². The van der Waals surface area contributed by atoms with Crippen LogP contribution in [-0.4, -0.2) is 50.6 Å². The number of thiophene rings is 1. The lowest BCUT2D eigenvalue weighted by atomic mass is 9.99. The zero-order chi connectivity index (χ0) is 15.6. The Morgan fingerprint density at radius 1 is 1.30 bits per heavy atom. The minimum Gasteiger partial charge on any atom is -0.356 e. The van der Waals surface area contributed by atoms with E-state index in [0.29, 0.717) is 0 Å². The zero-order valence-electron chi connectivity index (χ0n) is 14.4. The second-order valence-corrected chi connectivity index (χ2v) is 7.17. The Morgan fingerprint density at radius 2 is 2.04 bits per heavy atom. The van der Waals surface area contributed by atoms with E-state index in [1.54, 1.807) is 0 Å². The molecule has 0 bridgehead atoms. The Hall–Kier alpha value is -0.340. The lowest BCUT2D eigenvalue weighted by Gasteiger charge is -2.30. The maximum absolute atomic E-state index is 4.29. The Kier molecular flexibility index (Phi) is 10.9. The van der Waals surface area contributed by atoms with E-state index in [1.807, 2.05) is 18.4 Å². The first kappa shape index (κ1) is 20.7. The first-order valence-electron chi connectivity index (χ1n) is 8.47. The van der Waals surface area contributed by atoms with Crippen molar-refractivity contribution >= 4 is 41.3 Å². The number of nitrogens with zero attached hydrogens (tertiary/aromatic N) is 2. The number of rotatable bonds is 7. The van der Waals surface area contributed by atoms with Gasteiger partial charge >= 0.3 is 0 Å². The molecule has 2 heterocycles. The van der Waals surface area contributed by atoms with E-state index in [1.165, 1.54) is 43.8 Å². The maximum Gasteiger partial charge on any atom is 0.190 e. The van der Waals surface area contributed by atoms with Crippen LogP contribution in [-0.2, 0) is 6.42 Å². The van der Waals surface area contributed by atoms with Crippen LogP contribution in [0, 0.1) is 5.92 Å². The lowest BCUT2D eigenvalue weighted by Crippen LogP contribution is -2.40. The summed E-state index contributed by atoms with van der Waals surface area (Å²) in [4.78, 5) is 8.30. The van der Waals surface area contributed by atoms with E-state index in [9.17, 15) is 0 Å². The van der Waals surface area contributed by atoms with Gasteiger partial charge in [0, 0.05) is 25.0 Å². The third-order valence-electron chi connectivity index (χ3n) is 4.29. The Morgan fingerprint density at radius 3 is 2.70 bits per heavy atom. The standard InChI is InChI=1S/C17H30N4S.HI/c1-15-7-12-21(13-8-15)11-4-9-19-17(18-2)20-10-6-16-5-3-14-22-16;/h3,5,14-15H,4,6-13H2,1-2H3,(H2,18,19,20);1H. The first-order chi connectivity index (χ1) is 10.8. The number of piperidine rings is 1. The summed E-state index contributed by atoms with van der Waals surface area (Å²) < 4.78 is 0. The molecular formula is C17H31IN4S. The molecule has 0 radical (unpaired) electrons. The molecule has 0 amide bonds. The van der Waals surface area contributed by atoms with Gasteiger partial charge in [0.05, 0.1) is 0 Å². The van der Waals surface area contributed by atoms with Crippen molar-refractivity contribution in [3.63, 3.8) is 0 Å². The fraction of sp³-hybridized carbons (Fsp3) is 0.706. The third-order valence-corrected chi connectivity index (χ3v) is 5.22. The molecule has 0 aromatic carbocycles. The van der Waals surface area contributed by atoms with Crippen molar-refractivity contribution in [1.29, 1.82) is 0 Å². The van der Waals surface area contributed by atoms with E-state index in [0.717, 1.165) is 31.4 Å². The average Bonchev–Trinajstić information content (AvgIpc) is 3.04. The van der Waals surface area contributed by atoms with Gasteiger partial charge in [0.25, 0.3) is 0 Å². The number of hydrogen-bond donors (Lipinski definition) is 2. The summed E-state index contributed by atoms with van der Waals surface area (Å²) in [7, 11) is 1.84. The van der Waals surface area contributed by atoms with Crippen LogP contribution < -0.4 is 10.6 Å². The van der Waals surface area contributed by atoms with Crippen molar-refractivity contribution in [1.82, 2.24) is 15.5 Å². The minimum atomic E-state index is 0. The summed E-state index contributed by atoms with van der Waals surface area (Å²) >= 11 is 1.81. The lowest BCUT2D eigenvalue weighted by molar-refractivity contribution is 0.191. The van der Waals surface area contributed by atoms with Crippen LogP contribution in [0.4, 0.5) is 0 Å². The van der Waals surface area contributed by atoms with Gasteiger partial charge < -0.3 is 15.5 Å². The molecule has 1 aromatic heterocycles. The van der Waals surface area contributed by atoms with E-state index in [-0.39, 0.29) is 24.0 Å². The Bertz CT molecular complexity index is 428. The summed E-state index contributed by atoms with van der Waals surface area (Å²) in [6, 6.07) is 4.29. The van der Waals surface area contributed by atoms with E-state index in [2.05, 4.69) is 45.0 Å². The molecular weight excluding hydrogens is 419 g/mol. The monoisotopic (exact) mass is 450 g/mol. The molecule has 1 aliphatic rings. The molecule has 1 fully saturated rings. The molecule has 2 N–H and O–H groups in total. The van der Waals surface area contributed by atoms with Gasteiger partial charge in [0.15, 0.2) is 5.96 Å². The Labute approximate surface area is 162 Å². The van der Waals surface area contributed by atoms with Gasteiger partial charge in [-0.25, -0.2) is 0 Å². The molecule has 0 unspecified atom stereocenters. The molecule has 6 heteroatoms. The first-order valence-corrected chi connectivity index (χ1v) is 9.35. The third kappa shape index (κ3) is 8.35. The summed E-state index contributed by atoms with van der Waals surface area (Å²) in [5.74, 6) is 1.84. The van der Waals surface area contributed by atoms with Crippen LogP contribution >= 0.6 is 35.3 Å². The van der Waals surface area contributed by atoms with Gasteiger partial charge in [-0.3, -0.25) is 4.99 Å². The van der Waals surface area contributed by atoms with Gasteiger partial charge in [-0.05, 0) is 62.7 Å². The normalized spacial score (nSPS) is 16.9. The molecule has 0 aliphatic carbocycles. The Balaban J connectivity index is 0.00000264. The number of guanidine groups is 1. The fourth-order valence-electron chi connectivity index (χ4n) is 2.77. The van der Waals surface area contributed by atoms with Gasteiger partial charge in [-0.1, -0.05) is 13.0 Å². The highest BCUT2D eigenvalue weighted by Gasteiger charge is 2.14. The quantitative estimate of drug-likeness (QED) is 0.290. The molecule has 0 saturated carbocycles. The summed E-state index contributed by atoms with van der Waals surface area (Å²) in [6.45, 7) is 8.04. The van der Waals surface area contributed by atoms with Crippen LogP contribution in [0.2, 0.25) is 0 Å². The highest BCUT2D eigenvalue weighted by Crippen LogP contribution is 2.15. The van der Waals surface area contributed by atoms with E-state index in [4.69, 9.17) is 0 Å². The van der Waals surface area contributed by atoms with Crippen molar-refractivity contribution in [2.45, 2.75) is 32.6 Å². The van der Waals surface area contributed by atoms with Crippen LogP contribution in [0.25, 0.3) is 0 Å². The summed E-state index contributed by atoms with van der Waals surface area (Å²) in [6.07, 6.45) is 4.96. The molecule has 23 heavy (non-hydrogen) atoms. The largest absolute Gasteiger partial charge is 0.356 e. The van der Waals surface area contributed by atoms with Gasteiger partial charge in [0.2, 0.25) is 0 Å². The fourth-order valence-corrected chi connectivity index (χ4v) is 3.48. The second-order valence-electron chi connectivity index (χ2n) is 6.13. The molecule has 1 saturated heterocycles. The highest BCUT2D eigenvalue weighted by molar-refractivity contribution is 14.0. The molecule has 2 rings (SSSR count). The topological polar surface area (TPSA) is 39.7 Å². The van der Waals surface area contributed by atoms with Crippen molar-refractivity contribution in [2.75, 3.05) is 39.8 Å². The number of aliphatic imine (C=N–C) groups is 1. The van der Waals surface area contributed by atoms with Crippen LogP contribution in [0.3, 0.4) is 0 Å². The van der Waals surface area contributed by atoms with Crippen molar-refractivity contribution in [3.8, 4) is 0 Å². The van der Waals surface area contributed by atoms with E-state index < -0.39 is 0 Å². The van der Waals surface area contributed by atoms with Crippen LogP contribution in [0.5, 0.6) is 0 Å². The number of likely N-dealkylation sites (tertiary alicyclic amines) is 1. The molecule has 1 aromatic rings. The second kappa shape index (κ2) is 12.1. The van der Waals surface area contributed by atoms with Crippen LogP contribution in [0.1, 0.15) is 31.1 Å². The van der Waals surface area contributed by atoms with Gasteiger partial charge in [-0.15, -0.1) is 35.3 Å². The highest BCUT2D eigenvalue weighted by atomic mass is 127. The molecule has 4 nitrogen and oxygen atoms in total. The smallest absolute Gasteiger partial charge is 0.190 e. The predicted octanol–water partition coefficient (Wildman–Crippen LogP) is 3.20. The number of hydrogen-bond acceptors (Lipinski definition) is 3. The summed E-state index contributed by atoms with van der Waals surface area (Å²) in [5.41, 5.74) is 0. The number of nitrogens with one attached hydrogen (secondary N) is 2. The average molecular weight is 450 g/mol. The predicted molar refractivity (Wildman–Crippen MR) is 112 cm³/mol. The molecule has 0 atom stereocenters. The zero-order valence-corrected chi connectivity index (χ0v) is 17.5. The van der Waals surface area contributed by atoms with Crippen LogP contribution in [0.15, 0.2) is 22.5 Å². The SMILES string of the molecule is CN=C(NCCCN1CCC(C)CC1)NCCc1cccs1.I. The maximum atomic E-state index is 4.29. The van der Waals surface area contributed by atoms with Crippen molar-refractivity contribution in [3.05, 3.63) is 22.4 Å². The number of halogens is 1. The molecule has 1 aliphatic heterocycles. The molecule has 0 spiro atoms.